The van der Waals surface area contributed by atoms with Crippen molar-refractivity contribution in [3.63, 3.8) is 0 Å². The number of benzene rings is 1. The predicted molar refractivity (Wildman–Crippen MR) is 99.8 cm³/mol. The molecule has 25 heavy (non-hydrogen) atoms. The molecule has 128 valence electrons. The van der Waals surface area contributed by atoms with E-state index in [2.05, 4.69) is 10.4 Å². The number of aromatic nitrogens is 2. The van der Waals surface area contributed by atoms with Crippen LogP contribution in [0.1, 0.15) is 34.7 Å². The third kappa shape index (κ3) is 2.98. The van der Waals surface area contributed by atoms with Crippen LogP contribution in [0.4, 0.5) is 0 Å². The number of fused-ring (bicyclic) bond motifs is 3. The number of hydrogen-bond acceptors (Lipinski definition) is 4. The molecule has 0 saturated heterocycles. The molecule has 1 aliphatic rings. The lowest BCUT2D eigenvalue weighted by Crippen LogP contribution is -2.36. The monoisotopic (exact) mass is 353 g/mol. The van der Waals surface area contributed by atoms with E-state index >= 15 is 0 Å². The molecule has 2 aromatic heterocycles. The minimum atomic E-state index is -0.221. The summed E-state index contributed by atoms with van der Waals surface area (Å²) in [4.78, 5) is 32.0. The highest BCUT2D eigenvalue weighted by Gasteiger charge is 2.21. The zero-order valence-electron chi connectivity index (χ0n) is 14.0. The van der Waals surface area contributed by atoms with Gasteiger partial charge < -0.3 is 0 Å². The topological polar surface area (TPSA) is 64.0 Å². The zero-order chi connectivity index (χ0) is 17.4. The van der Waals surface area contributed by atoms with Gasteiger partial charge in [0.25, 0.3) is 5.56 Å². The Balaban J connectivity index is 1.69. The number of aryl methyl sites for hydroxylation is 3. The Morgan fingerprint density at radius 3 is 2.80 bits per heavy atom. The van der Waals surface area contributed by atoms with E-state index in [9.17, 15) is 9.59 Å². The van der Waals surface area contributed by atoms with E-state index in [4.69, 9.17) is 0 Å². The summed E-state index contributed by atoms with van der Waals surface area (Å²) in [7, 11) is 0. The van der Waals surface area contributed by atoms with Gasteiger partial charge in [-0.2, -0.15) is 0 Å². The molecule has 1 aliphatic carbocycles. The lowest BCUT2D eigenvalue weighted by atomic mass is 9.97. The average Bonchev–Trinajstić information content (AvgIpc) is 2.97. The molecule has 4 rings (SSSR count). The second kappa shape index (κ2) is 6.44. The minimum absolute atomic E-state index is 0.164. The summed E-state index contributed by atoms with van der Waals surface area (Å²) in [5, 5.41) is 0.685. The second-order valence-corrected chi connectivity index (χ2v) is 7.47. The largest absolute Gasteiger partial charge is 0.281 e. The maximum atomic E-state index is 13.0. The Hall–Kier alpha value is -2.47. The fraction of sp³-hybridized carbons (Fsp3) is 0.316. The highest BCUT2D eigenvalue weighted by Crippen LogP contribution is 2.33. The maximum absolute atomic E-state index is 13.0. The van der Waals surface area contributed by atoms with E-state index < -0.39 is 0 Å². The average molecular weight is 353 g/mol. The molecule has 0 unspecified atom stereocenters. The summed E-state index contributed by atoms with van der Waals surface area (Å²) in [5.74, 6) is 0.291. The fourth-order valence-corrected chi connectivity index (χ4v) is 4.68. The highest BCUT2D eigenvalue weighted by molar-refractivity contribution is 7.18. The first-order valence-corrected chi connectivity index (χ1v) is 9.33. The number of hydrogen-bond donors (Lipinski definition) is 1. The zero-order valence-corrected chi connectivity index (χ0v) is 14.9. The van der Waals surface area contributed by atoms with Crippen molar-refractivity contribution < 1.29 is 4.79 Å². The van der Waals surface area contributed by atoms with Crippen LogP contribution < -0.4 is 11.0 Å². The van der Waals surface area contributed by atoms with Gasteiger partial charge in [0.1, 0.15) is 10.7 Å². The van der Waals surface area contributed by atoms with Crippen molar-refractivity contribution >= 4 is 27.5 Å². The standard InChI is InChI=1S/C19H19N3O2S/c1-12-20-18-17(14-9-5-6-10-15(14)25-18)19(24)22(12)21-16(23)11-13-7-3-2-4-8-13/h2-4,7-8H,5-6,9-11H2,1H3,(H,21,23). The first-order valence-electron chi connectivity index (χ1n) is 8.51. The molecular weight excluding hydrogens is 334 g/mol. The first kappa shape index (κ1) is 16.0. The number of rotatable bonds is 3. The summed E-state index contributed by atoms with van der Waals surface area (Å²) in [6, 6.07) is 9.49. The van der Waals surface area contributed by atoms with Gasteiger partial charge in [0, 0.05) is 4.88 Å². The molecule has 6 heteroatoms. The Morgan fingerprint density at radius 2 is 2.00 bits per heavy atom. The number of nitrogens with one attached hydrogen (secondary N) is 1. The normalized spacial score (nSPS) is 13.6. The lowest BCUT2D eigenvalue weighted by Gasteiger charge is -2.13. The molecule has 1 N–H and O–H groups in total. The third-order valence-corrected chi connectivity index (χ3v) is 5.79. The summed E-state index contributed by atoms with van der Waals surface area (Å²) >= 11 is 1.62. The number of thiophene rings is 1. The van der Waals surface area contributed by atoms with Gasteiger partial charge in [-0.15, -0.1) is 11.3 Å². The van der Waals surface area contributed by atoms with Crippen molar-refractivity contribution in [2.75, 3.05) is 5.43 Å². The molecule has 0 fully saturated rings. The summed E-state index contributed by atoms with van der Waals surface area (Å²) in [5.41, 5.74) is 4.60. The van der Waals surface area contributed by atoms with Gasteiger partial charge in [-0.3, -0.25) is 15.0 Å². The Kier molecular flexibility index (Phi) is 4.13. The van der Waals surface area contributed by atoms with Crippen LogP contribution in [0.5, 0.6) is 0 Å². The van der Waals surface area contributed by atoms with E-state index in [1.165, 1.54) is 16.0 Å². The van der Waals surface area contributed by atoms with Crippen LogP contribution in [0.15, 0.2) is 35.1 Å². The van der Waals surface area contributed by atoms with Crippen LogP contribution in [-0.4, -0.2) is 15.6 Å². The molecular formula is C19H19N3O2S. The van der Waals surface area contributed by atoms with Gasteiger partial charge >= 0.3 is 0 Å². The van der Waals surface area contributed by atoms with Crippen LogP contribution in [0.25, 0.3) is 10.2 Å². The molecule has 0 bridgehead atoms. The van der Waals surface area contributed by atoms with Crippen molar-refractivity contribution in [3.8, 4) is 0 Å². The molecule has 2 heterocycles. The van der Waals surface area contributed by atoms with Gasteiger partial charge in [0.15, 0.2) is 0 Å². The molecule has 0 spiro atoms. The Labute approximate surface area is 149 Å². The van der Waals surface area contributed by atoms with E-state index in [0.717, 1.165) is 35.2 Å². The van der Waals surface area contributed by atoms with Crippen molar-refractivity contribution in [3.05, 3.63) is 62.5 Å². The number of carbonyl (C=O) groups excluding carboxylic acids is 1. The number of nitrogens with zero attached hydrogens (tertiary/aromatic N) is 2. The molecule has 1 aromatic carbocycles. The van der Waals surface area contributed by atoms with Crippen molar-refractivity contribution in [2.24, 2.45) is 0 Å². The lowest BCUT2D eigenvalue weighted by molar-refractivity contribution is -0.116. The van der Waals surface area contributed by atoms with Crippen LogP contribution >= 0.6 is 11.3 Å². The maximum Gasteiger partial charge on any atom is 0.281 e. The van der Waals surface area contributed by atoms with Crippen molar-refractivity contribution in [2.45, 2.75) is 39.0 Å². The predicted octanol–water partition coefficient (Wildman–Crippen LogP) is 2.96. The summed E-state index contributed by atoms with van der Waals surface area (Å²) in [6.45, 7) is 1.75. The van der Waals surface area contributed by atoms with Crippen LogP contribution in [0, 0.1) is 6.92 Å². The van der Waals surface area contributed by atoms with Crippen molar-refractivity contribution in [1.29, 1.82) is 0 Å². The second-order valence-electron chi connectivity index (χ2n) is 6.39. The van der Waals surface area contributed by atoms with Crippen molar-refractivity contribution in [1.82, 2.24) is 9.66 Å². The Morgan fingerprint density at radius 1 is 1.24 bits per heavy atom. The highest BCUT2D eigenvalue weighted by atomic mass is 32.1. The molecule has 0 radical (unpaired) electrons. The fourth-order valence-electron chi connectivity index (χ4n) is 3.38. The first-order chi connectivity index (χ1) is 12.1. The van der Waals surface area contributed by atoms with E-state index in [-0.39, 0.29) is 17.9 Å². The minimum Gasteiger partial charge on any atom is -0.273 e. The van der Waals surface area contributed by atoms with Gasteiger partial charge in [-0.25, -0.2) is 9.66 Å². The Bertz CT molecular complexity index is 1000. The molecule has 1 amide bonds. The van der Waals surface area contributed by atoms with Gasteiger partial charge in [0.05, 0.1) is 11.8 Å². The van der Waals surface area contributed by atoms with E-state index in [1.807, 2.05) is 30.3 Å². The number of carbonyl (C=O) groups is 1. The van der Waals surface area contributed by atoms with Gasteiger partial charge in [-0.1, -0.05) is 30.3 Å². The summed E-state index contributed by atoms with van der Waals surface area (Å²) < 4.78 is 1.30. The molecule has 0 atom stereocenters. The van der Waals surface area contributed by atoms with E-state index in [0.29, 0.717) is 11.2 Å². The van der Waals surface area contributed by atoms with E-state index in [1.54, 1.807) is 18.3 Å². The quantitative estimate of drug-likeness (QED) is 0.787. The van der Waals surface area contributed by atoms with Crippen LogP contribution in [-0.2, 0) is 24.1 Å². The molecule has 0 saturated carbocycles. The summed E-state index contributed by atoms with van der Waals surface area (Å²) in [6.07, 6.45) is 4.45. The smallest absolute Gasteiger partial charge is 0.273 e. The van der Waals surface area contributed by atoms with Gasteiger partial charge in [0.2, 0.25) is 5.91 Å². The third-order valence-electron chi connectivity index (χ3n) is 4.60. The molecule has 3 aromatic rings. The van der Waals surface area contributed by atoms with Crippen LogP contribution in [0.3, 0.4) is 0 Å². The SMILES string of the molecule is Cc1nc2sc3c(c2c(=O)n1NC(=O)Cc1ccccc1)CCCC3. The molecule has 5 nitrogen and oxygen atoms in total. The number of amides is 1. The van der Waals surface area contributed by atoms with Crippen LogP contribution in [0.2, 0.25) is 0 Å². The van der Waals surface area contributed by atoms with Gasteiger partial charge in [-0.05, 0) is 43.7 Å². The molecule has 0 aliphatic heterocycles.